The van der Waals surface area contributed by atoms with Gasteiger partial charge in [-0.2, -0.15) is 5.10 Å². The molecule has 92 valence electrons. The average molecular weight is 232 g/mol. The largest absolute Gasteiger partial charge is 0.271 e. The molecule has 3 nitrogen and oxygen atoms in total. The van der Waals surface area contributed by atoms with Crippen LogP contribution in [0.3, 0.4) is 0 Å². The van der Waals surface area contributed by atoms with Crippen molar-refractivity contribution in [3.05, 3.63) is 35.9 Å². The molecule has 1 amide bonds. The van der Waals surface area contributed by atoms with Crippen molar-refractivity contribution in [3.8, 4) is 0 Å². The Morgan fingerprint density at radius 2 is 2.00 bits per heavy atom. The lowest BCUT2D eigenvalue weighted by molar-refractivity contribution is 0.0955. The Bertz CT molecular complexity index is 346. The van der Waals surface area contributed by atoms with E-state index in [9.17, 15) is 4.79 Å². The van der Waals surface area contributed by atoms with E-state index in [1.54, 1.807) is 18.3 Å². The first-order valence-corrected chi connectivity index (χ1v) is 6.21. The summed E-state index contributed by atoms with van der Waals surface area (Å²) < 4.78 is 0. The topological polar surface area (TPSA) is 41.5 Å². The van der Waals surface area contributed by atoms with E-state index in [4.69, 9.17) is 0 Å². The molecule has 1 aromatic rings. The lowest BCUT2D eigenvalue weighted by Crippen LogP contribution is -2.17. The summed E-state index contributed by atoms with van der Waals surface area (Å²) in [4.78, 5) is 11.6. The number of rotatable bonds is 7. The van der Waals surface area contributed by atoms with E-state index in [0.717, 1.165) is 12.8 Å². The molecule has 0 unspecified atom stereocenters. The minimum absolute atomic E-state index is 0.157. The number of hydrazone groups is 1. The fourth-order valence-electron chi connectivity index (χ4n) is 1.49. The second kappa shape index (κ2) is 8.50. The van der Waals surface area contributed by atoms with Gasteiger partial charge < -0.3 is 0 Å². The number of carbonyl (C=O) groups is 1. The van der Waals surface area contributed by atoms with Crippen molar-refractivity contribution in [3.63, 3.8) is 0 Å². The Morgan fingerprint density at radius 1 is 1.24 bits per heavy atom. The first kappa shape index (κ1) is 13.4. The van der Waals surface area contributed by atoms with Crippen molar-refractivity contribution < 1.29 is 4.79 Å². The summed E-state index contributed by atoms with van der Waals surface area (Å²) in [6.07, 6.45) is 7.57. The van der Waals surface area contributed by atoms with Crippen LogP contribution in [0.4, 0.5) is 0 Å². The molecule has 1 rings (SSSR count). The average Bonchev–Trinajstić information content (AvgIpc) is 2.38. The maximum atomic E-state index is 11.6. The first-order chi connectivity index (χ1) is 8.34. The van der Waals surface area contributed by atoms with Crippen molar-refractivity contribution in [1.82, 2.24) is 5.43 Å². The number of carbonyl (C=O) groups excluding carboxylic acids is 1. The highest BCUT2D eigenvalue weighted by molar-refractivity contribution is 5.94. The zero-order valence-corrected chi connectivity index (χ0v) is 10.4. The SMILES string of the molecule is CCCCCC/C=N/NC(=O)c1ccccc1. The molecule has 1 aromatic carbocycles. The number of benzene rings is 1. The highest BCUT2D eigenvalue weighted by Crippen LogP contribution is 2.00. The van der Waals surface area contributed by atoms with Gasteiger partial charge in [-0.25, -0.2) is 5.43 Å². The predicted octanol–water partition coefficient (Wildman–Crippen LogP) is 3.37. The van der Waals surface area contributed by atoms with Crippen LogP contribution < -0.4 is 5.43 Å². The Labute approximate surface area is 103 Å². The van der Waals surface area contributed by atoms with Crippen LogP contribution in [0.1, 0.15) is 49.4 Å². The molecule has 0 saturated heterocycles. The number of hydrogen-bond donors (Lipinski definition) is 1. The fourth-order valence-corrected chi connectivity index (χ4v) is 1.49. The second-order valence-electron chi connectivity index (χ2n) is 3.97. The molecule has 1 N–H and O–H groups in total. The summed E-state index contributed by atoms with van der Waals surface area (Å²) >= 11 is 0. The Hall–Kier alpha value is -1.64. The van der Waals surface area contributed by atoms with Gasteiger partial charge in [-0.1, -0.05) is 44.4 Å². The molecule has 0 aliphatic rings. The summed E-state index contributed by atoms with van der Waals surface area (Å²) in [6.45, 7) is 2.19. The molecule has 17 heavy (non-hydrogen) atoms. The molecule has 0 heterocycles. The number of unbranched alkanes of at least 4 members (excludes halogenated alkanes) is 4. The quantitative estimate of drug-likeness (QED) is 0.437. The molecular weight excluding hydrogens is 212 g/mol. The lowest BCUT2D eigenvalue weighted by atomic mass is 10.2. The zero-order chi connectivity index (χ0) is 12.3. The molecular formula is C14H20N2O. The lowest BCUT2D eigenvalue weighted by Gasteiger charge is -1.98. The minimum Gasteiger partial charge on any atom is -0.267 e. The van der Waals surface area contributed by atoms with E-state index in [-0.39, 0.29) is 5.91 Å². The molecule has 0 spiro atoms. The van der Waals surface area contributed by atoms with Crippen LogP contribution in [0.2, 0.25) is 0 Å². The maximum Gasteiger partial charge on any atom is 0.271 e. The highest BCUT2D eigenvalue weighted by atomic mass is 16.2. The van der Waals surface area contributed by atoms with Gasteiger partial charge in [-0.3, -0.25) is 4.79 Å². The highest BCUT2D eigenvalue weighted by Gasteiger charge is 2.00. The molecule has 0 bridgehead atoms. The van der Waals surface area contributed by atoms with E-state index in [2.05, 4.69) is 17.5 Å². The zero-order valence-electron chi connectivity index (χ0n) is 10.4. The molecule has 0 aliphatic heterocycles. The summed E-state index contributed by atoms with van der Waals surface area (Å²) in [6, 6.07) is 9.10. The van der Waals surface area contributed by atoms with Gasteiger partial charge in [-0.05, 0) is 25.0 Å². The Balaban J connectivity index is 2.18. The third-order valence-corrected chi connectivity index (χ3v) is 2.48. The monoisotopic (exact) mass is 232 g/mol. The first-order valence-electron chi connectivity index (χ1n) is 6.21. The second-order valence-corrected chi connectivity index (χ2v) is 3.97. The van der Waals surface area contributed by atoms with Gasteiger partial charge in [-0.15, -0.1) is 0 Å². The molecule has 0 radical (unpaired) electrons. The predicted molar refractivity (Wildman–Crippen MR) is 71.2 cm³/mol. The normalized spacial score (nSPS) is 10.6. The molecule has 0 fully saturated rings. The minimum atomic E-state index is -0.157. The van der Waals surface area contributed by atoms with E-state index < -0.39 is 0 Å². The van der Waals surface area contributed by atoms with Crippen LogP contribution in [0.5, 0.6) is 0 Å². The number of hydrogen-bond acceptors (Lipinski definition) is 2. The number of amides is 1. The van der Waals surface area contributed by atoms with Crippen LogP contribution in [0.25, 0.3) is 0 Å². The fraction of sp³-hybridized carbons (Fsp3) is 0.429. The Morgan fingerprint density at radius 3 is 2.71 bits per heavy atom. The molecule has 0 aliphatic carbocycles. The van der Waals surface area contributed by atoms with E-state index >= 15 is 0 Å². The van der Waals surface area contributed by atoms with Gasteiger partial charge in [0, 0.05) is 11.8 Å². The van der Waals surface area contributed by atoms with Gasteiger partial charge >= 0.3 is 0 Å². The molecule has 0 saturated carbocycles. The van der Waals surface area contributed by atoms with Crippen molar-refractivity contribution in [2.24, 2.45) is 5.10 Å². The van der Waals surface area contributed by atoms with Gasteiger partial charge in [0.15, 0.2) is 0 Å². The van der Waals surface area contributed by atoms with Crippen molar-refractivity contribution in [2.75, 3.05) is 0 Å². The van der Waals surface area contributed by atoms with Gasteiger partial charge in [0.05, 0.1) is 0 Å². The number of nitrogens with zero attached hydrogens (tertiary/aromatic N) is 1. The van der Waals surface area contributed by atoms with Crippen molar-refractivity contribution in [2.45, 2.75) is 39.0 Å². The third-order valence-electron chi connectivity index (χ3n) is 2.48. The van der Waals surface area contributed by atoms with E-state index in [0.29, 0.717) is 5.56 Å². The number of nitrogens with one attached hydrogen (secondary N) is 1. The molecule has 0 atom stereocenters. The van der Waals surface area contributed by atoms with Crippen LogP contribution in [0, 0.1) is 0 Å². The van der Waals surface area contributed by atoms with Gasteiger partial charge in [0.1, 0.15) is 0 Å². The maximum absolute atomic E-state index is 11.6. The van der Waals surface area contributed by atoms with Crippen molar-refractivity contribution >= 4 is 12.1 Å². The van der Waals surface area contributed by atoms with Crippen molar-refractivity contribution in [1.29, 1.82) is 0 Å². The van der Waals surface area contributed by atoms with Crippen LogP contribution in [-0.4, -0.2) is 12.1 Å². The third kappa shape index (κ3) is 5.85. The van der Waals surface area contributed by atoms with Gasteiger partial charge in [0.2, 0.25) is 0 Å². The van der Waals surface area contributed by atoms with Gasteiger partial charge in [0.25, 0.3) is 5.91 Å². The van der Waals surface area contributed by atoms with Crippen LogP contribution in [0.15, 0.2) is 35.4 Å². The van der Waals surface area contributed by atoms with E-state index in [1.807, 2.05) is 18.2 Å². The van der Waals surface area contributed by atoms with Crippen LogP contribution in [-0.2, 0) is 0 Å². The summed E-state index contributed by atoms with van der Waals surface area (Å²) in [5.41, 5.74) is 3.16. The molecule has 3 heteroatoms. The van der Waals surface area contributed by atoms with Crippen LogP contribution >= 0.6 is 0 Å². The Kier molecular flexibility index (Phi) is 6.72. The summed E-state index contributed by atoms with van der Waals surface area (Å²) in [5, 5.41) is 3.92. The standard InChI is InChI=1S/C14H20N2O/c1-2-3-4-5-9-12-15-16-14(17)13-10-7-6-8-11-13/h6-8,10-12H,2-5,9H2,1H3,(H,16,17)/b15-12+. The van der Waals surface area contributed by atoms with E-state index in [1.165, 1.54) is 19.3 Å². The summed E-state index contributed by atoms with van der Waals surface area (Å²) in [5.74, 6) is -0.157. The smallest absolute Gasteiger partial charge is 0.267 e. The molecule has 0 aromatic heterocycles. The summed E-state index contributed by atoms with van der Waals surface area (Å²) in [7, 11) is 0.